The first-order chi connectivity index (χ1) is 8.33. The second-order valence-electron chi connectivity index (χ2n) is 4.72. The van der Waals surface area contributed by atoms with Crippen LogP contribution < -0.4 is 0 Å². The molecule has 0 amide bonds. The largest absolute Gasteiger partial charge is 0.301 e. The van der Waals surface area contributed by atoms with Gasteiger partial charge in [0.25, 0.3) is 0 Å². The van der Waals surface area contributed by atoms with Crippen LogP contribution in [0.25, 0.3) is 0 Å². The zero-order valence-electron chi connectivity index (χ0n) is 11.5. The SMILES string of the molecule is Cc1ccsc1CN(C)CCCS(=O)(=O)N(C)C. The minimum Gasteiger partial charge on any atom is -0.301 e. The smallest absolute Gasteiger partial charge is 0.213 e. The van der Waals surface area contributed by atoms with Crippen molar-refractivity contribution in [3.05, 3.63) is 21.9 Å². The number of aryl methyl sites for hydroxylation is 1. The quantitative estimate of drug-likeness (QED) is 0.768. The lowest BCUT2D eigenvalue weighted by Crippen LogP contribution is -2.28. The predicted molar refractivity (Wildman–Crippen MR) is 77.5 cm³/mol. The molecule has 6 heteroatoms. The molecule has 1 heterocycles. The lowest BCUT2D eigenvalue weighted by atomic mass is 10.3. The van der Waals surface area contributed by atoms with E-state index in [1.165, 1.54) is 14.7 Å². The normalized spacial score (nSPS) is 12.6. The fourth-order valence-corrected chi connectivity index (χ4v) is 3.43. The number of thiophene rings is 1. The Balaban J connectivity index is 2.35. The van der Waals surface area contributed by atoms with E-state index in [-0.39, 0.29) is 5.75 Å². The third kappa shape index (κ3) is 4.68. The van der Waals surface area contributed by atoms with Gasteiger partial charge in [0, 0.05) is 25.5 Å². The molecule has 0 fully saturated rings. The molecule has 0 saturated carbocycles. The standard InChI is InChI=1S/C12H22N2O2S2/c1-11-6-8-17-12(11)10-14(4)7-5-9-18(15,16)13(2)3/h6,8H,5,7,9-10H2,1-4H3. The Labute approximate surface area is 114 Å². The fraction of sp³-hybridized carbons (Fsp3) is 0.667. The van der Waals surface area contributed by atoms with E-state index in [1.54, 1.807) is 25.4 Å². The van der Waals surface area contributed by atoms with E-state index in [2.05, 4.69) is 23.3 Å². The molecule has 1 rings (SSSR count). The Bertz CT molecular complexity index is 466. The topological polar surface area (TPSA) is 40.6 Å². The monoisotopic (exact) mass is 290 g/mol. The Morgan fingerprint density at radius 2 is 1.94 bits per heavy atom. The molecule has 0 aliphatic carbocycles. The summed E-state index contributed by atoms with van der Waals surface area (Å²) in [7, 11) is 2.13. The summed E-state index contributed by atoms with van der Waals surface area (Å²) in [4.78, 5) is 3.53. The van der Waals surface area contributed by atoms with Crippen LogP contribution in [0.15, 0.2) is 11.4 Å². The Morgan fingerprint density at radius 3 is 2.44 bits per heavy atom. The van der Waals surface area contributed by atoms with Gasteiger partial charge in [-0.05, 0) is 43.9 Å². The van der Waals surface area contributed by atoms with Crippen molar-refractivity contribution < 1.29 is 8.42 Å². The van der Waals surface area contributed by atoms with Gasteiger partial charge in [-0.1, -0.05) is 0 Å². The van der Waals surface area contributed by atoms with E-state index in [4.69, 9.17) is 0 Å². The average molecular weight is 290 g/mol. The minimum absolute atomic E-state index is 0.216. The highest BCUT2D eigenvalue weighted by molar-refractivity contribution is 7.89. The zero-order valence-corrected chi connectivity index (χ0v) is 13.1. The van der Waals surface area contributed by atoms with Gasteiger partial charge in [-0.15, -0.1) is 11.3 Å². The summed E-state index contributed by atoms with van der Waals surface area (Å²) in [5.74, 6) is 0.216. The molecule has 0 aromatic carbocycles. The number of hydrogen-bond acceptors (Lipinski definition) is 4. The first-order valence-electron chi connectivity index (χ1n) is 5.94. The van der Waals surface area contributed by atoms with Crippen molar-refractivity contribution in [2.75, 3.05) is 33.4 Å². The van der Waals surface area contributed by atoms with E-state index < -0.39 is 10.0 Å². The highest BCUT2D eigenvalue weighted by Gasteiger charge is 2.13. The minimum atomic E-state index is -3.05. The maximum Gasteiger partial charge on any atom is 0.213 e. The van der Waals surface area contributed by atoms with Gasteiger partial charge in [0.1, 0.15) is 0 Å². The van der Waals surface area contributed by atoms with Crippen LogP contribution in [0.1, 0.15) is 16.9 Å². The lowest BCUT2D eigenvalue weighted by molar-refractivity contribution is 0.329. The highest BCUT2D eigenvalue weighted by atomic mass is 32.2. The molecule has 0 saturated heterocycles. The molecule has 0 atom stereocenters. The molecule has 0 N–H and O–H groups in total. The first kappa shape index (κ1) is 15.6. The van der Waals surface area contributed by atoms with Crippen molar-refractivity contribution >= 4 is 21.4 Å². The molecule has 0 aliphatic rings. The fourth-order valence-electron chi connectivity index (χ4n) is 1.59. The van der Waals surface area contributed by atoms with Crippen molar-refractivity contribution in [1.29, 1.82) is 0 Å². The van der Waals surface area contributed by atoms with Crippen molar-refractivity contribution in [2.24, 2.45) is 0 Å². The summed E-state index contributed by atoms with van der Waals surface area (Å²) < 4.78 is 24.5. The summed E-state index contributed by atoms with van der Waals surface area (Å²) in [5.41, 5.74) is 1.31. The highest BCUT2D eigenvalue weighted by Crippen LogP contribution is 2.17. The molecule has 0 aliphatic heterocycles. The number of nitrogens with zero attached hydrogens (tertiary/aromatic N) is 2. The Kier molecular flexibility index (Phi) is 5.78. The van der Waals surface area contributed by atoms with Crippen LogP contribution in [-0.2, 0) is 16.6 Å². The van der Waals surface area contributed by atoms with Gasteiger partial charge in [-0.2, -0.15) is 0 Å². The van der Waals surface area contributed by atoms with Crippen molar-refractivity contribution in [2.45, 2.75) is 19.9 Å². The van der Waals surface area contributed by atoms with E-state index >= 15 is 0 Å². The van der Waals surface area contributed by atoms with Gasteiger partial charge in [-0.25, -0.2) is 12.7 Å². The van der Waals surface area contributed by atoms with E-state index in [0.717, 1.165) is 13.1 Å². The zero-order chi connectivity index (χ0) is 13.8. The summed E-state index contributed by atoms with van der Waals surface area (Å²) in [6.45, 7) is 3.80. The van der Waals surface area contributed by atoms with Gasteiger partial charge in [0.05, 0.1) is 5.75 Å². The van der Waals surface area contributed by atoms with E-state index in [9.17, 15) is 8.42 Å². The second kappa shape index (κ2) is 6.65. The molecular weight excluding hydrogens is 268 g/mol. The maximum atomic E-state index is 11.6. The van der Waals surface area contributed by atoms with Crippen LogP contribution >= 0.6 is 11.3 Å². The number of hydrogen-bond donors (Lipinski definition) is 0. The van der Waals surface area contributed by atoms with Gasteiger partial charge >= 0.3 is 0 Å². The van der Waals surface area contributed by atoms with Crippen LogP contribution in [0.2, 0.25) is 0 Å². The van der Waals surface area contributed by atoms with Gasteiger partial charge in [-0.3, -0.25) is 0 Å². The summed E-state index contributed by atoms with van der Waals surface area (Å²) in [5, 5.41) is 2.09. The van der Waals surface area contributed by atoms with Crippen LogP contribution in [0.5, 0.6) is 0 Å². The number of sulfonamides is 1. The summed E-state index contributed by atoms with van der Waals surface area (Å²) >= 11 is 1.75. The van der Waals surface area contributed by atoms with Gasteiger partial charge in [0.15, 0.2) is 0 Å². The molecule has 104 valence electrons. The molecule has 1 aromatic heterocycles. The van der Waals surface area contributed by atoms with E-state index in [1.807, 2.05) is 7.05 Å². The van der Waals surface area contributed by atoms with Crippen LogP contribution in [0.3, 0.4) is 0 Å². The van der Waals surface area contributed by atoms with Crippen LogP contribution in [0.4, 0.5) is 0 Å². The molecule has 0 bridgehead atoms. The number of rotatable bonds is 7. The summed E-state index contributed by atoms with van der Waals surface area (Å²) in [6.07, 6.45) is 0.668. The second-order valence-corrected chi connectivity index (χ2v) is 8.02. The van der Waals surface area contributed by atoms with Crippen molar-refractivity contribution in [3.8, 4) is 0 Å². The molecule has 18 heavy (non-hydrogen) atoms. The Morgan fingerprint density at radius 1 is 1.28 bits per heavy atom. The Hall–Kier alpha value is -0.430. The maximum absolute atomic E-state index is 11.6. The molecular formula is C12H22N2O2S2. The molecule has 0 spiro atoms. The van der Waals surface area contributed by atoms with Crippen molar-refractivity contribution in [1.82, 2.24) is 9.21 Å². The first-order valence-corrected chi connectivity index (χ1v) is 8.43. The van der Waals surface area contributed by atoms with Gasteiger partial charge in [0.2, 0.25) is 10.0 Å². The average Bonchev–Trinajstić information content (AvgIpc) is 2.64. The predicted octanol–water partition coefficient (Wildman–Crippen LogP) is 1.77. The van der Waals surface area contributed by atoms with Crippen LogP contribution in [-0.4, -0.2) is 51.1 Å². The van der Waals surface area contributed by atoms with E-state index in [0.29, 0.717) is 6.42 Å². The third-order valence-corrected chi connectivity index (χ3v) is 5.81. The van der Waals surface area contributed by atoms with Crippen LogP contribution in [0, 0.1) is 6.92 Å². The molecule has 0 unspecified atom stereocenters. The van der Waals surface area contributed by atoms with Crippen molar-refractivity contribution in [3.63, 3.8) is 0 Å². The molecule has 1 aromatic rings. The molecule has 0 radical (unpaired) electrons. The third-order valence-electron chi connectivity index (χ3n) is 2.88. The molecule has 4 nitrogen and oxygen atoms in total. The summed E-state index contributed by atoms with van der Waals surface area (Å²) in [6, 6.07) is 2.12. The lowest BCUT2D eigenvalue weighted by Gasteiger charge is -2.17. The van der Waals surface area contributed by atoms with Gasteiger partial charge < -0.3 is 4.90 Å².